The lowest BCUT2D eigenvalue weighted by Crippen LogP contribution is -2.61. The molecule has 0 radical (unpaired) electrons. The number of hydrogen-bond donors (Lipinski definition) is 3. The van der Waals surface area contributed by atoms with Crippen LogP contribution in [0, 0.1) is 0 Å². The van der Waals surface area contributed by atoms with Gasteiger partial charge in [-0.2, -0.15) is 13.2 Å². The van der Waals surface area contributed by atoms with Gasteiger partial charge in [-0.3, -0.25) is 5.32 Å². The topological polar surface area (TPSA) is 78.8 Å². The van der Waals surface area contributed by atoms with Crippen molar-refractivity contribution in [2.75, 3.05) is 20.3 Å². The van der Waals surface area contributed by atoms with Gasteiger partial charge in [-0.05, 0) is 6.92 Å². The molecule has 2 unspecified atom stereocenters. The van der Waals surface area contributed by atoms with Gasteiger partial charge in [0.25, 0.3) is 0 Å². The van der Waals surface area contributed by atoms with Crippen LogP contribution in [0.3, 0.4) is 0 Å². The molecule has 0 spiro atoms. The normalized spacial score (nSPS) is 17.9. The van der Waals surface area contributed by atoms with Gasteiger partial charge in [-0.1, -0.05) is 0 Å². The van der Waals surface area contributed by atoms with Crippen LogP contribution in [0.5, 0.6) is 0 Å². The van der Waals surface area contributed by atoms with Gasteiger partial charge in [0.2, 0.25) is 5.54 Å². The van der Waals surface area contributed by atoms with Gasteiger partial charge in [-0.15, -0.1) is 0 Å². The van der Waals surface area contributed by atoms with Crippen molar-refractivity contribution < 1.29 is 32.9 Å². The van der Waals surface area contributed by atoms with E-state index in [9.17, 15) is 18.0 Å². The third-order valence-electron chi connectivity index (χ3n) is 2.04. The third kappa shape index (κ3) is 3.62. The van der Waals surface area contributed by atoms with E-state index in [0.717, 1.165) is 0 Å². The van der Waals surface area contributed by atoms with Crippen molar-refractivity contribution in [3.63, 3.8) is 0 Å². The summed E-state index contributed by atoms with van der Waals surface area (Å²) >= 11 is 0. The molecule has 0 fully saturated rings. The standard InChI is InChI=1S/C8H14F3NO4/c1-7(6(14)15,8(9,10)11)12-3-5(13)4-16-2/h5,12-13H,3-4H2,1-2H3,(H,14,15). The van der Waals surface area contributed by atoms with E-state index in [1.54, 1.807) is 5.32 Å². The van der Waals surface area contributed by atoms with Crippen LogP contribution in [0.2, 0.25) is 0 Å². The van der Waals surface area contributed by atoms with Gasteiger partial charge in [0.1, 0.15) is 0 Å². The lowest BCUT2D eigenvalue weighted by atomic mass is 10.0. The summed E-state index contributed by atoms with van der Waals surface area (Å²) in [6, 6.07) is 0. The monoisotopic (exact) mass is 245 g/mol. The first-order chi connectivity index (χ1) is 7.15. The first kappa shape index (κ1) is 15.1. The van der Waals surface area contributed by atoms with Gasteiger partial charge < -0.3 is 14.9 Å². The number of aliphatic hydroxyl groups excluding tert-OH is 1. The minimum absolute atomic E-state index is 0.180. The molecule has 16 heavy (non-hydrogen) atoms. The fraction of sp³-hybridized carbons (Fsp3) is 0.875. The van der Waals surface area contributed by atoms with E-state index in [2.05, 4.69) is 4.74 Å². The highest BCUT2D eigenvalue weighted by Crippen LogP contribution is 2.30. The smallest absolute Gasteiger partial charge is 0.417 e. The zero-order chi connectivity index (χ0) is 13.0. The summed E-state index contributed by atoms with van der Waals surface area (Å²) in [6.45, 7) is -0.217. The van der Waals surface area contributed by atoms with Gasteiger partial charge in [-0.25, -0.2) is 4.79 Å². The molecule has 0 aromatic rings. The van der Waals surface area contributed by atoms with Crippen LogP contribution < -0.4 is 5.32 Å². The third-order valence-corrected chi connectivity index (χ3v) is 2.04. The van der Waals surface area contributed by atoms with Crippen LogP contribution in [0.15, 0.2) is 0 Å². The lowest BCUT2D eigenvalue weighted by Gasteiger charge is -2.29. The van der Waals surface area contributed by atoms with E-state index < -0.39 is 30.3 Å². The summed E-state index contributed by atoms with van der Waals surface area (Å²) in [6.07, 6.45) is -6.16. The van der Waals surface area contributed by atoms with E-state index in [1.165, 1.54) is 7.11 Å². The van der Waals surface area contributed by atoms with Crippen LogP contribution in [0.25, 0.3) is 0 Å². The van der Waals surface area contributed by atoms with Crippen molar-refractivity contribution in [2.45, 2.75) is 24.7 Å². The molecule has 0 amide bonds. The van der Waals surface area contributed by atoms with E-state index in [-0.39, 0.29) is 6.61 Å². The Bertz CT molecular complexity index is 246. The number of aliphatic carboxylic acids is 1. The van der Waals surface area contributed by atoms with Crippen molar-refractivity contribution >= 4 is 5.97 Å². The maximum Gasteiger partial charge on any atom is 0.417 e. The van der Waals surface area contributed by atoms with Crippen molar-refractivity contribution in [1.82, 2.24) is 5.32 Å². The first-order valence-electron chi connectivity index (χ1n) is 4.37. The number of carbonyl (C=O) groups is 1. The first-order valence-corrected chi connectivity index (χ1v) is 4.37. The second kappa shape index (κ2) is 5.46. The van der Waals surface area contributed by atoms with Crippen LogP contribution in [-0.2, 0) is 9.53 Å². The van der Waals surface area contributed by atoms with Gasteiger partial charge in [0, 0.05) is 13.7 Å². The Morgan fingerprint density at radius 2 is 2.00 bits per heavy atom. The molecule has 0 aliphatic rings. The lowest BCUT2D eigenvalue weighted by molar-refractivity contribution is -0.206. The number of β-amino-alcohol motifs (C(OH)–C–C–N with tert-alkyl or cyclic N) is 1. The maximum atomic E-state index is 12.4. The predicted molar refractivity (Wildman–Crippen MR) is 48.0 cm³/mol. The highest BCUT2D eigenvalue weighted by Gasteiger charge is 2.57. The summed E-state index contributed by atoms with van der Waals surface area (Å²) in [7, 11) is 1.27. The molecule has 8 heteroatoms. The molecule has 5 nitrogen and oxygen atoms in total. The summed E-state index contributed by atoms with van der Waals surface area (Å²) < 4.78 is 41.8. The highest BCUT2D eigenvalue weighted by atomic mass is 19.4. The zero-order valence-corrected chi connectivity index (χ0v) is 8.84. The minimum atomic E-state index is -4.95. The summed E-state index contributed by atoms with van der Waals surface area (Å²) in [5.74, 6) is -2.05. The summed E-state index contributed by atoms with van der Waals surface area (Å²) in [4.78, 5) is 10.5. The molecule has 0 rings (SSSR count). The Morgan fingerprint density at radius 3 is 2.31 bits per heavy atom. The molecule has 2 atom stereocenters. The molecule has 0 saturated carbocycles. The number of carboxylic acids is 1. The van der Waals surface area contributed by atoms with E-state index in [4.69, 9.17) is 10.2 Å². The zero-order valence-electron chi connectivity index (χ0n) is 8.84. The number of nitrogens with one attached hydrogen (secondary N) is 1. The minimum Gasteiger partial charge on any atom is -0.480 e. The SMILES string of the molecule is COCC(O)CNC(C)(C(=O)O)C(F)(F)F. The number of alkyl halides is 3. The molecular weight excluding hydrogens is 231 g/mol. The Labute approximate surface area is 90.2 Å². The molecule has 0 aliphatic carbocycles. The number of carboxylic acid groups (broad SMARTS) is 1. The largest absolute Gasteiger partial charge is 0.480 e. The molecule has 0 aromatic heterocycles. The van der Waals surface area contributed by atoms with Crippen molar-refractivity contribution in [1.29, 1.82) is 0 Å². The Hall–Kier alpha value is -0.860. The average Bonchev–Trinajstić information content (AvgIpc) is 2.12. The van der Waals surface area contributed by atoms with Gasteiger partial charge >= 0.3 is 12.1 Å². The average molecular weight is 245 g/mol. The number of aliphatic hydroxyl groups is 1. The molecule has 0 aromatic carbocycles. The molecule has 0 aliphatic heterocycles. The second-order valence-corrected chi connectivity index (χ2v) is 3.42. The van der Waals surface area contributed by atoms with Crippen molar-refractivity contribution in [3.05, 3.63) is 0 Å². The quantitative estimate of drug-likeness (QED) is 0.613. The summed E-state index contributed by atoms with van der Waals surface area (Å²) in [5, 5.41) is 19.4. The van der Waals surface area contributed by atoms with Crippen molar-refractivity contribution in [3.8, 4) is 0 Å². The number of ether oxygens (including phenoxy) is 1. The predicted octanol–water partition coefficient (Wildman–Crippen LogP) is -0.0111. The van der Waals surface area contributed by atoms with Gasteiger partial charge in [0.15, 0.2) is 0 Å². The van der Waals surface area contributed by atoms with Crippen LogP contribution >= 0.6 is 0 Å². The van der Waals surface area contributed by atoms with Crippen LogP contribution in [0.4, 0.5) is 13.2 Å². The fourth-order valence-corrected chi connectivity index (χ4v) is 0.870. The molecular formula is C8H14F3NO4. The van der Waals surface area contributed by atoms with E-state index >= 15 is 0 Å². The number of methoxy groups -OCH3 is 1. The highest BCUT2D eigenvalue weighted by molar-refractivity contribution is 5.79. The van der Waals surface area contributed by atoms with Gasteiger partial charge in [0.05, 0.1) is 12.7 Å². The molecule has 0 heterocycles. The Balaban J connectivity index is 4.54. The molecule has 0 saturated heterocycles. The second-order valence-electron chi connectivity index (χ2n) is 3.42. The maximum absolute atomic E-state index is 12.4. The number of hydrogen-bond acceptors (Lipinski definition) is 4. The number of halogens is 3. The Morgan fingerprint density at radius 1 is 1.50 bits per heavy atom. The Kier molecular flexibility index (Phi) is 5.17. The molecule has 3 N–H and O–H groups in total. The summed E-state index contributed by atoms with van der Waals surface area (Å²) in [5.41, 5.74) is -3.08. The number of rotatable bonds is 6. The van der Waals surface area contributed by atoms with E-state index in [0.29, 0.717) is 6.92 Å². The fourth-order valence-electron chi connectivity index (χ4n) is 0.870. The van der Waals surface area contributed by atoms with Crippen LogP contribution in [0.1, 0.15) is 6.92 Å². The van der Waals surface area contributed by atoms with Crippen molar-refractivity contribution in [2.24, 2.45) is 0 Å². The molecule has 0 bridgehead atoms. The van der Waals surface area contributed by atoms with E-state index in [1.807, 2.05) is 0 Å². The van der Waals surface area contributed by atoms with Crippen LogP contribution in [-0.4, -0.2) is 54.3 Å². The molecule has 96 valence electrons.